The molecular weight excluding hydrogens is 279 g/mol. The van der Waals surface area contributed by atoms with Crippen molar-refractivity contribution in [3.8, 4) is 6.07 Å². The third-order valence-corrected chi connectivity index (χ3v) is 2.61. The highest BCUT2D eigenvalue weighted by atomic mass is 19.4. The van der Waals surface area contributed by atoms with Gasteiger partial charge in [-0.25, -0.2) is 0 Å². The molecule has 2 N–H and O–H groups in total. The number of aliphatic imine (C=N–C) groups is 1. The van der Waals surface area contributed by atoms with Gasteiger partial charge in [0, 0.05) is 17.8 Å². The fourth-order valence-electron chi connectivity index (χ4n) is 1.55. The lowest BCUT2D eigenvalue weighted by Crippen LogP contribution is -2.11. The smallest absolute Gasteiger partial charge is 0.392 e. The number of alkyl halides is 3. The van der Waals surface area contributed by atoms with Crippen molar-refractivity contribution in [1.29, 1.82) is 5.26 Å². The molecule has 0 radical (unpaired) electrons. The lowest BCUT2D eigenvalue weighted by Gasteiger charge is -2.14. The second-order valence-electron chi connectivity index (χ2n) is 4.50. The minimum atomic E-state index is -4.27. The molecule has 1 unspecified atom stereocenters. The zero-order chi connectivity index (χ0) is 16.5. The van der Waals surface area contributed by atoms with E-state index >= 15 is 0 Å². The summed E-state index contributed by atoms with van der Waals surface area (Å²) < 4.78 is 37.1. The minimum Gasteiger partial charge on any atom is -0.399 e. The number of halogens is 3. The highest BCUT2D eigenvalue weighted by Crippen LogP contribution is 2.25. The Bertz CT molecular complexity index is 491. The van der Waals surface area contributed by atoms with Crippen LogP contribution >= 0.6 is 0 Å². The molecule has 0 heterocycles. The normalized spacial score (nSPS) is 16.1. The summed E-state index contributed by atoms with van der Waals surface area (Å²) in [6.07, 6.45) is 1.13. The van der Waals surface area contributed by atoms with Gasteiger partial charge in [0.1, 0.15) is 11.8 Å². The van der Waals surface area contributed by atoms with Crippen LogP contribution in [-0.4, -0.2) is 11.9 Å². The Balaban J connectivity index is 5.23. The number of nitrogens with zero attached hydrogens (tertiary/aromatic N) is 2. The van der Waals surface area contributed by atoms with Crippen LogP contribution < -0.4 is 5.73 Å². The van der Waals surface area contributed by atoms with E-state index in [9.17, 15) is 13.2 Å². The molecule has 0 bridgehead atoms. The lowest BCUT2D eigenvalue weighted by molar-refractivity contribution is -0.125. The Hall–Kier alpha value is -2.03. The van der Waals surface area contributed by atoms with Gasteiger partial charge in [-0.15, -0.1) is 0 Å². The first-order valence-corrected chi connectivity index (χ1v) is 6.55. The maximum atomic E-state index is 12.4. The average Bonchev–Trinajstić information content (AvgIpc) is 2.37. The summed E-state index contributed by atoms with van der Waals surface area (Å²) in [7, 11) is 0. The molecule has 116 valence electrons. The summed E-state index contributed by atoms with van der Waals surface area (Å²) in [5.74, 6) is -0.328. The second kappa shape index (κ2) is 9.01. The van der Waals surface area contributed by atoms with Gasteiger partial charge in [-0.1, -0.05) is 32.1 Å². The zero-order valence-corrected chi connectivity index (χ0v) is 12.4. The third kappa shape index (κ3) is 8.69. The number of nitriles is 1. The molecule has 0 rings (SSSR count). The summed E-state index contributed by atoms with van der Waals surface area (Å²) in [5.41, 5.74) is 6.84. The van der Waals surface area contributed by atoms with Crippen LogP contribution in [0.3, 0.4) is 0 Å². The van der Waals surface area contributed by atoms with Gasteiger partial charge >= 0.3 is 6.18 Å². The van der Waals surface area contributed by atoms with Gasteiger partial charge in [-0.3, -0.25) is 4.99 Å². The third-order valence-electron chi connectivity index (χ3n) is 2.61. The number of hydrogen-bond acceptors (Lipinski definition) is 3. The molecule has 0 spiro atoms. The molecular formula is C15H20F3N3. The number of hydrogen-bond donors (Lipinski definition) is 1. The fourth-order valence-corrected chi connectivity index (χ4v) is 1.55. The summed E-state index contributed by atoms with van der Waals surface area (Å²) in [4.78, 5) is 3.84. The topological polar surface area (TPSA) is 62.2 Å². The summed E-state index contributed by atoms with van der Waals surface area (Å²) >= 11 is 0. The van der Waals surface area contributed by atoms with Crippen molar-refractivity contribution in [3.63, 3.8) is 0 Å². The van der Waals surface area contributed by atoms with E-state index in [4.69, 9.17) is 11.0 Å². The van der Waals surface area contributed by atoms with Crippen molar-refractivity contribution in [2.24, 2.45) is 16.6 Å². The van der Waals surface area contributed by atoms with E-state index in [0.717, 1.165) is 6.08 Å². The maximum absolute atomic E-state index is 12.4. The molecule has 0 aromatic carbocycles. The van der Waals surface area contributed by atoms with Gasteiger partial charge in [0.05, 0.1) is 6.42 Å². The molecule has 0 aliphatic heterocycles. The second-order valence-corrected chi connectivity index (χ2v) is 4.50. The van der Waals surface area contributed by atoms with E-state index in [0.29, 0.717) is 17.7 Å². The van der Waals surface area contributed by atoms with Crippen molar-refractivity contribution < 1.29 is 13.2 Å². The van der Waals surface area contributed by atoms with Crippen LogP contribution in [0.2, 0.25) is 0 Å². The van der Waals surface area contributed by atoms with E-state index in [1.165, 1.54) is 6.20 Å². The van der Waals surface area contributed by atoms with E-state index in [1.807, 2.05) is 13.0 Å². The van der Waals surface area contributed by atoms with Crippen LogP contribution in [0.1, 0.15) is 33.6 Å². The zero-order valence-electron chi connectivity index (χ0n) is 12.4. The van der Waals surface area contributed by atoms with Gasteiger partial charge < -0.3 is 5.73 Å². The molecule has 0 aromatic rings. The summed E-state index contributed by atoms with van der Waals surface area (Å²) in [6.45, 7) is 5.13. The fraction of sp³-hybridized carbons (Fsp3) is 0.467. The Morgan fingerprint density at radius 1 is 1.38 bits per heavy atom. The Labute approximate surface area is 123 Å². The van der Waals surface area contributed by atoms with E-state index in [2.05, 4.69) is 4.99 Å². The Kier molecular flexibility index (Phi) is 8.14. The van der Waals surface area contributed by atoms with Crippen LogP contribution in [0.4, 0.5) is 13.2 Å². The first-order chi connectivity index (χ1) is 9.71. The molecule has 0 saturated carbocycles. The maximum Gasteiger partial charge on any atom is 0.392 e. The summed E-state index contributed by atoms with van der Waals surface area (Å²) in [6, 6.07) is 1.86. The molecule has 0 saturated heterocycles. The lowest BCUT2D eigenvalue weighted by atomic mass is 9.96. The molecule has 0 aliphatic rings. The van der Waals surface area contributed by atoms with Crippen molar-refractivity contribution in [1.82, 2.24) is 0 Å². The molecule has 21 heavy (non-hydrogen) atoms. The molecule has 1 atom stereocenters. The van der Waals surface area contributed by atoms with Crippen LogP contribution in [0.25, 0.3) is 0 Å². The molecule has 0 aliphatic carbocycles. The first-order valence-electron chi connectivity index (χ1n) is 6.55. The van der Waals surface area contributed by atoms with Gasteiger partial charge in [0.25, 0.3) is 0 Å². The van der Waals surface area contributed by atoms with Crippen LogP contribution in [0, 0.1) is 17.2 Å². The van der Waals surface area contributed by atoms with E-state index in [-0.39, 0.29) is 11.6 Å². The monoisotopic (exact) mass is 299 g/mol. The summed E-state index contributed by atoms with van der Waals surface area (Å²) in [5, 5.41) is 8.56. The standard InChI is InChI=1S/C15H20F3N3/c1-4-5-14(20)13(6-8-15(16,17)18)11(2)7-9-21-12(3)10-19/h5-7,9,11H,4,8,20H2,1-3H3/b9-7-,13-6-,14-5+,21-12+. The van der Waals surface area contributed by atoms with Gasteiger partial charge in [0.15, 0.2) is 0 Å². The largest absolute Gasteiger partial charge is 0.399 e. The Morgan fingerprint density at radius 2 is 2.00 bits per heavy atom. The van der Waals surface area contributed by atoms with Gasteiger partial charge in [-0.2, -0.15) is 18.4 Å². The molecule has 0 amide bonds. The highest BCUT2D eigenvalue weighted by molar-refractivity contribution is 5.96. The van der Waals surface area contributed by atoms with Crippen LogP contribution in [-0.2, 0) is 0 Å². The quantitative estimate of drug-likeness (QED) is 0.588. The van der Waals surface area contributed by atoms with Crippen molar-refractivity contribution in [2.45, 2.75) is 39.8 Å². The van der Waals surface area contributed by atoms with Crippen LogP contribution in [0.15, 0.2) is 40.7 Å². The molecule has 0 aromatic heterocycles. The van der Waals surface area contributed by atoms with Gasteiger partial charge in [0.2, 0.25) is 0 Å². The van der Waals surface area contributed by atoms with Crippen LogP contribution in [0.5, 0.6) is 0 Å². The predicted octanol–water partition coefficient (Wildman–Crippen LogP) is 4.25. The molecule has 0 fully saturated rings. The first kappa shape index (κ1) is 19.0. The van der Waals surface area contributed by atoms with Crippen molar-refractivity contribution in [3.05, 3.63) is 35.7 Å². The van der Waals surface area contributed by atoms with Crippen molar-refractivity contribution >= 4 is 5.71 Å². The number of rotatable bonds is 6. The van der Waals surface area contributed by atoms with E-state index in [1.54, 1.807) is 26.0 Å². The van der Waals surface area contributed by atoms with Crippen molar-refractivity contribution in [2.75, 3.05) is 0 Å². The molecule has 6 heteroatoms. The minimum absolute atomic E-state index is 0.274. The average molecular weight is 299 g/mol. The predicted molar refractivity (Wildman–Crippen MR) is 78.3 cm³/mol. The molecule has 3 nitrogen and oxygen atoms in total. The number of allylic oxidation sites excluding steroid dienone is 4. The Morgan fingerprint density at radius 3 is 2.48 bits per heavy atom. The SMILES string of the molecule is CC/C=C(N)\C(=C/CC(F)(F)F)C(C)/C=C\N=C(/C)C#N. The highest BCUT2D eigenvalue weighted by Gasteiger charge is 2.26. The van der Waals surface area contributed by atoms with Gasteiger partial charge in [-0.05, 0) is 18.9 Å². The van der Waals surface area contributed by atoms with E-state index < -0.39 is 12.6 Å². The number of nitrogens with two attached hydrogens (primary N) is 1.